The van der Waals surface area contributed by atoms with E-state index in [4.69, 9.17) is 4.74 Å². The van der Waals surface area contributed by atoms with Crippen LogP contribution < -0.4 is 5.32 Å². The van der Waals surface area contributed by atoms with Gasteiger partial charge in [0.1, 0.15) is 0 Å². The zero-order chi connectivity index (χ0) is 11.5. The molecule has 0 aromatic carbocycles. The van der Waals surface area contributed by atoms with E-state index < -0.39 is 0 Å². The van der Waals surface area contributed by atoms with E-state index in [1.807, 2.05) is 0 Å². The van der Waals surface area contributed by atoms with Gasteiger partial charge in [-0.05, 0) is 12.8 Å². The molecule has 0 unspecified atom stereocenters. The van der Waals surface area contributed by atoms with Crippen molar-refractivity contribution in [1.82, 2.24) is 5.32 Å². The molecule has 0 saturated heterocycles. The van der Waals surface area contributed by atoms with Crippen molar-refractivity contribution in [2.75, 3.05) is 13.2 Å². The number of rotatable bonds is 8. The van der Waals surface area contributed by atoms with E-state index >= 15 is 0 Å². The van der Waals surface area contributed by atoms with Crippen LogP contribution in [0.1, 0.15) is 46.0 Å². The van der Waals surface area contributed by atoms with Crippen LogP contribution in [-0.4, -0.2) is 25.0 Å². The molecule has 0 aliphatic heterocycles. The summed E-state index contributed by atoms with van der Waals surface area (Å²) < 4.78 is 5.00. The highest BCUT2D eigenvalue weighted by Gasteiger charge is 2.01. The summed E-state index contributed by atoms with van der Waals surface area (Å²) in [5.74, 6) is -0.234. The third-order valence-corrected chi connectivity index (χ3v) is 1.94. The van der Waals surface area contributed by atoms with Crippen LogP contribution in [0.4, 0.5) is 0 Å². The van der Waals surface area contributed by atoms with Crippen molar-refractivity contribution < 1.29 is 14.3 Å². The number of nitrogens with one attached hydrogen (secondary N) is 1. The van der Waals surface area contributed by atoms with Crippen molar-refractivity contribution in [2.45, 2.75) is 46.0 Å². The Morgan fingerprint density at radius 3 is 2.53 bits per heavy atom. The van der Waals surface area contributed by atoms with Gasteiger partial charge in [-0.2, -0.15) is 0 Å². The number of hydrogen-bond acceptors (Lipinski definition) is 3. The van der Waals surface area contributed by atoms with Crippen molar-refractivity contribution >= 4 is 11.9 Å². The first-order valence-electron chi connectivity index (χ1n) is 5.57. The lowest BCUT2D eigenvalue weighted by molar-refractivity contribution is -0.144. The highest BCUT2D eigenvalue weighted by Crippen LogP contribution is 1.97. The van der Waals surface area contributed by atoms with Gasteiger partial charge in [0.05, 0.1) is 6.61 Å². The molecule has 88 valence electrons. The summed E-state index contributed by atoms with van der Waals surface area (Å²) in [4.78, 5) is 21.6. The summed E-state index contributed by atoms with van der Waals surface area (Å²) in [6, 6.07) is 0. The summed E-state index contributed by atoms with van der Waals surface area (Å²) in [7, 11) is 0. The van der Waals surface area contributed by atoms with Gasteiger partial charge in [0.2, 0.25) is 5.91 Å². The van der Waals surface area contributed by atoms with E-state index in [0.717, 1.165) is 19.3 Å². The van der Waals surface area contributed by atoms with Crippen molar-refractivity contribution in [2.24, 2.45) is 0 Å². The van der Waals surface area contributed by atoms with Gasteiger partial charge in [0.15, 0.2) is 0 Å². The van der Waals surface area contributed by atoms with Gasteiger partial charge >= 0.3 is 5.97 Å². The minimum Gasteiger partial charge on any atom is -0.466 e. The molecular weight excluding hydrogens is 194 g/mol. The van der Waals surface area contributed by atoms with Crippen LogP contribution in [0.5, 0.6) is 0 Å². The van der Waals surface area contributed by atoms with Gasteiger partial charge in [0.25, 0.3) is 0 Å². The maximum atomic E-state index is 11.1. The molecule has 0 atom stereocenters. The minimum atomic E-state index is -0.170. The molecule has 0 aliphatic rings. The standard InChI is InChI=1S/C11H21NO3/c1-3-4-5-9-15-11(14)7-6-8-12-10(2)13/h3-9H2,1-2H3,(H,12,13). The van der Waals surface area contributed by atoms with E-state index in [2.05, 4.69) is 12.2 Å². The monoisotopic (exact) mass is 215 g/mol. The molecule has 0 heterocycles. The molecule has 0 aliphatic carbocycles. The van der Waals surface area contributed by atoms with Gasteiger partial charge < -0.3 is 10.1 Å². The number of ether oxygens (including phenoxy) is 1. The lowest BCUT2D eigenvalue weighted by atomic mass is 10.3. The van der Waals surface area contributed by atoms with Crippen molar-refractivity contribution in [3.05, 3.63) is 0 Å². The highest BCUT2D eigenvalue weighted by molar-refractivity contribution is 5.73. The van der Waals surface area contributed by atoms with Gasteiger partial charge in [-0.1, -0.05) is 19.8 Å². The lowest BCUT2D eigenvalue weighted by Crippen LogP contribution is -2.21. The van der Waals surface area contributed by atoms with E-state index in [9.17, 15) is 9.59 Å². The van der Waals surface area contributed by atoms with Gasteiger partial charge in [-0.15, -0.1) is 0 Å². The Morgan fingerprint density at radius 1 is 1.20 bits per heavy atom. The maximum absolute atomic E-state index is 11.1. The average Bonchev–Trinajstić information content (AvgIpc) is 2.19. The first-order valence-corrected chi connectivity index (χ1v) is 5.57. The second kappa shape index (κ2) is 9.49. The number of amides is 1. The molecule has 4 nitrogen and oxygen atoms in total. The molecular formula is C11H21NO3. The Morgan fingerprint density at radius 2 is 1.93 bits per heavy atom. The fourth-order valence-corrected chi connectivity index (χ4v) is 1.11. The van der Waals surface area contributed by atoms with E-state index in [-0.39, 0.29) is 11.9 Å². The molecule has 0 saturated carbocycles. The number of esters is 1. The van der Waals surface area contributed by atoms with Crippen LogP contribution in [0.2, 0.25) is 0 Å². The Hall–Kier alpha value is -1.06. The molecule has 0 fully saturated rings. The zero-order valence-electron chi connectivity index (χ0n) is 9.67. The second-order valence-electron chi connectivity index (χ2n) is 3.51. The van der Waals surface area contributed by atoms with Crippen molar-refractivity contribution in [3.63, 3.8) is 0 Å². The topological polar surface area (TPSA) is 55.4 Å². The quantitative estimate of drug-likeness (QED) is 0.494. The average molecular weight is 215 g/mol. The third-order valence-electron chi connectivity index (χ3n) is 1.94. The molecule has 0 spiro atoms. The van der Waals surface area contributed by atoms with E-state index in [0.29, 0.717) is 26.0 Å². The minimum absolute atomic E-state index is 0.0636. The predicted molar refractivity (Wildman–Crippen MR) is 58.4 cm³/mol. The number of carbonyl (C=O) groups is 2. The molecule has 4 heteroatoms. The number of hydrogen-bond donors (Lipinski definition) is 1. The smallest absolute Gasteiger partial charge is 0.305 e. The van der Waals surface area contributed by atoms with Crippen LogP contribution in [-0.2, 0) is 14.3 Å². The van der Waals surface area contributed by atoms with Crippen LogP contribution in [0, 0.1) is 0 Å². The van der Waals surface area contributed by atoms with Crippen molar-refractivity contribution in [3.8, 4) is 0 Å². The summed E-state index contributed by atoms with van der Waals surface area (Å²) in [6.45, 7) is 4.63. The first-order chi connectivity index (χ1) is 7.16. The first kappa shape index (κ1) is 13.9. The van der Waals surface area contributed by atoms with Gasteiger partial charge in [-0.25, -0.2) is 0 Å². The Balaban J connectivity index is 3.22. The second-order valence-corrected chi connectivity index (χ2v) is 3.51. The fraction of sp³-hybridized carbons (Fsp3) is 0.818. The molecule has 0 aromatic rings. The third kappa shape index (κ3) is 10.9. The Labute approximate surface area is 91.4 Å². The predicted octanol–water partition coefficient (Wildman–Crippen LogP) is 1.64. The number of carbonyl (C=O) groups excluding carboxylic acids is 2. The highest BCUT2D eigenvalue weighted by atomic mass is 16.5. The van der Waals surface area contributed by atoms with E-state index in [1.165, 1.54) is 6.92 Å². The summed E-state index contributed by atoms with van der Waals surface area (Å²) in [5, 5.41) is 2.63. The van der Waals surface area contributed by atoms with Crippen LogP contribution in [0.25, 0.3) is 0 Å². The number of unbranched alkanes of at least 4 members (excludes halogenated alkanes) is 2. The van der Waals surface area contributed by atoms with Gasteiger partial charge in [0, 0.05) is 19.9 Å². The Kier molecular flexibility index (Phi) is 8.82. The summed E-state index contributed by atoms with van der Waals surface area (Å²) in [6.07, 6.45) is 4.19. The molecule has 0 radical (unpaired) electrons. The SMILES string of the molecule is CCCCCOC(=O)CCCNC(C)=O. The van der Waals surface area contributed by atoms with E-state index in [1.54, 1.807) is 0 Å². The van der Waals surface area contributed by atoms with Crippen molar-refractivity contribution in [1.29, 1.82) is 0 Å². The molecule has 1 amide bonds. The lowest BCUT2D eigenvalue weighted by Gasteiger charge is -2.04. The molecule has 15 heavy (non-hydrogen) atoms. The molecule has 0 bridgehead atoms. The Bertz CT molecular complexity index is 192. The van der Waals surface area contributed by atoms with Crippen LogP contribution in [0.3, 0.4) is 0 Å². The molecule has 0 rings (SSSR count). The fourth-order valence-electron chi connectivity index (χ4n) is 1.11. The van der Waals surface area contributed by atoms with Crippen LogP contribution in [0.15, 0.2) is 0 Å². The zero-order valence-corrected chi connectivity index (χ0v) is 9.67. The van der Waals surface area contributed by atoms with Gasteiger partial charge in [-0.3, -0.25) is 9.59 Å². The van der Waals surface area contributed by atoms with Crippen LogP contribution >= 0.6 is 0 Å². The summed E-state index contributed by atoms with van der Waals surface area (Å²) >= 11 is 0. The normalized spacial score (nSPS) is 9.73. The molecule has 1 N–H and O–H groups in total. The maximum Gasteiger partial charge on any atom is 0.305 e. The molecule has 0 aromatic heterocycles. The largest absolute Gasteiger partial charge is 0.466 e. The summed E-state index contributed by atoms with van der Waals surface area (Å²) in [5.41, 5.74) is 0.